The summed E-state index contributed by atoms with van der Waals surface area (Å²) in [4.78, 5) is 17.1. The molecule has 3 rings (SSSR count). The maximum absolute atomic E-state index is 13.2. The van der Waals surface area contributed by atoms with Crippen molar-refractivity contribution in [3.63, 3.8) is 0 Å². The molecule has 0 radical (unpaired) electrons. The van der Waals surface area contributed by atoms with Crippen LogP contribution in [0.5, 0.6) is 0 Å². The molecule has 1 fully saturated rings. The van der Waals surface area contributed by atoms with E-state index >= 15 is 0 Å². The summed E-state index contributed by atoms with van der Waals surface area (Å²) < 4.78 is 13.2. The smallest absolute Gasteiger partial charge is 0.243 e. The Morgan fingerprint density at radius 3 is 3.04 bits per heavy atom. The number of anilines is 1. The fourth-order valence-corrected chi connectivity index (χ4v) is 3.25. The molecule has 23 heavy (non-hydrogen) atoms. The molecule has 8 heteroatoms. The fourth-order valence-electron chi connectivity index (χ4n) is 2.40. The summed E-state index contributed by atoms with van der Waals surface area (Å²) in [6.07, 6.45) is 2.19. The van der Waals surface area contributed by atoms with Crippen molar-refractivity contribution in [2.45, 2.75) is 25.0 Å². The molecule has 1 amide bonds. The highest BCUT2D eigenvalue weighted by molar-refractivity contribution is 7.15. The maximum atomic E-state index is 13.2. The fraction of sp³-hybridized carbons (Fsp3) is 0.333. The number of aromatic nitrogens is 1. The Morgan fingerprint density at radius 2 is 2.35 bits per heavy atom. The van der Waals surface area contributed by atoms with Gasteiger partial charge in [0.15, 0.2) is 5.13 Å². The van der Waals surface area contributed by atoms with Gasteiger partial charge in [0.1, 0.15) is 5.82 Å². The molecule has 3 N–H and O–H groups in total. The Morgan fingerprint density at radius 1 is 1.52 bits per heavy atom. The second kappa shape index (κ2) is 7.83. The van der Waals surface area contributed by atoms with Crippen molar-refractivity contribution in [2.75, 3.05) is 11.9 Å². The number of carbonyl (C=O) groups excluding carboxylic acids is 1. The number of nitrogens with one attached hydrogen (secondary N) is 2. The highest BCUT2D eigenvalue weighted by Crippen LogP contribution is 2.22. The lowest BCUT2D eigenvalue weighted by Gasteiger charge is -2.08. The number of halogens is 2. The third kappa shape index (κ3) is 4.71. The van der Waals surface area contributed by atoms with Crippen LogP contribution in [0, 0.1) is 5.82 Å². The Labute approximate surface area is 143 Å². The predicted octanol–water partition coefficient (Wildman–Crippen LogP) is 1.96. The lowest BCUT2D eigenvalue weighted by molar-refractivity contribution is -0.117. The Hall–Kier alpha value is -1.54. The van der Waals surface area contributed by atoms with Crippen molar-refractivity contribution >= 4 is 34.8 Å². The van der Waals surface area contributed by atoms with Crippen LogP contribution in [-0.4, -0.2) is 34.7 Å². The van der Waals surface area contributed by atoms with Gasteiger partial charge >= 0.3 is 0 Å². The van der Waals surface area contributed by atoms with Gasteiger partial charge in [-0.15, -0.1) is 23.7 Å². The molecule has 2 heterocycles. The maximum Gasteiger partial charge on any atom is 0.243 e. The normalized spacial score (nSPS) is 20.1. The molecule has 1 aromatic carbocycles. The molecule has 0 bridgehead atoms. The number of β-amino-alcohol motifs (C(OH)–C–C–N with tert-alkyl or cyclic N) is 1. The lowest BCUT2D eigenvalue weighted by Crippen LogP contribution is -2.35. The molecule has 1 aliphatic heterocycles. The van der Waals surface area contributed by atoms with E-state index in [1.807, 2.05) is 6.07 Å². The molecule has 1 saturated heterocycles. The zero-order valence-electron chi connectivity index (χ0n) is 12.2. The van der Waals surface area contributed by atoms with Gasteiger partial charge in [0, 0.05) is 24.0 Å². The van der Waals surface area contributed by atoms with Crippen LogP contribution in [0.2, 0.25) is 0 Å². The van der Waals surface area contributed by atoms with Crippen molar-refractivity contribution in [1.82, 2.24) is 10.3 Å². The van der Waals surface area contributed by atoms with Crippen molar-refractivity contribution in [2.24, 2.45) is 0 Å². The van der Waals surface area contributed by atoms with Gasteiger partial charge in [-0.3, -0.25) is 4.79 Å². The Balaban J connectivity index is 0.00000192. The van der Waals surface area contributed by atoms with Crippen LogP contribution in [0.1, 0.15) is 16.9 Å². The van der Waals surface area contributed by atoms with E-state index in [-0.39, 0.29) is 30.2 Å². The van der Waals surface area contributed by atoms with E-state index < -0.39 is 6.10 Å². The van der Waals surface area contributed by atoms with Gasteiger partial charge in [0.25, 0.3) is 0 Å². The van der Waals surface area contributed by atoms with Crippen LogP contribution in [0.15, 0.2) is 30.5 Å². The quantitative estimate of drug-likeness (QED) is 0.782. The van der Waals surface area contributed by atoms with Crippen molar-refractivity contribution in [3.05, 3.63) is 46.7 Å². The average molecular weight is 358 g/mol. The first kappa shape index (κ1) is 17.8. The summed E-state index contributed by atoms with van der Waals surface area (Å²) in [7, 11) is 0. The predicted molar refractivity (Wildman–Crippen MR) is 89.6 cm³/mol. The molecule has 2 unspecified atom stereocenters. The first-order valence-electron chi connectivity index (χ1n) is 7.01. The third-order valence-electron chi connectivity index (χ3n) is 3.48. The van der Waals surface area contributed by atoms with Gasteiger partial charge < -0.3 is 15.7 Å². The molecule has 0 saturated carbocycles. The van der Waals surface area contributed by atoms with E-state index in [0.717, 1.165) is 10.4 Å². The van der Waals surface area contributed by atoms with E-state index in [9.17, 15) is 14.3 Å². The average Bonchev–Trinajstić information content (AvgIpc) is 3.08. The molecule has 5 nitrogen and oxygen atoms in total. The molecular formula is C15H17ClFN3O2S. The van der Waals surface area contributed by atoms with Crippen molar-refractivity contribution in [1.29, 1.82) is 0 Å². The minimum Gasteiger partial charge on any atom is -0.392 e. The standard InChI is InChI=1S/C15H16FN3O2S.ClH/c16-10-3-1-2-9(4-10)5-12-8-18-15(22-12)19-14(21)13-6-11(20)7-17-13;/h1-4,8,11,13,17,20H,5-7H2,(H,18,19,21);1H. The third-order valence-corrected chi connectivity index (χ3v) is 4.39. The second-order valence-corrected chi connectivity index (χ2v) is 6.39. The minimum atomic E-state index is -0.476. The summed E-state index contributed by atoms with van der Waals surface area (Å²) >= 11 is 1.37. The van der Waals surface area contributed by atoms with E-state index in [2.05, 4.69) is 15.6 Å². The van der Waals surface area contributed by atoms with E-state index in [1.165, 1.54) is 23.5 Å². The SMILES string of the molecule is Cl.O=C(Nc1ncc(Cc2cccc(F)c2)s1)C1CC(O)CN1. The number of nitrogens with zero attached hydrogens (tertiary/aromatic N) is 1. The Kier molecular flexibility index (Phi) is 6.06. The lowest BCUT2D eigenvalue weighted by atomic mass is 10.1. The van der Waals surface area contributed by atoms with Crippen molar-refractivity contribution < 1.29 is 14.3 Å². The van der Waals surface area contributed by atoms with E-state index in [4.69, 9.17) is 0 Å². The number of amides is 1. The van der Waals surface area contributed by atoms with Crippen LogP contribution < -0.4 is 10.6 Å². The van der Waals surface area contributed by atoms with E-state index in [0.29, 0.717) is 24.5 Å². The van der Waals surface area contributed by atoms with Crippen molar-refractivity contribution in [3.8, 4) is 0 Å². The number of hydrogen-bond donors (Lipinski definition) is 3. The minimum absolute atomic E-state index is 0. The number of thiazole rings is 1. The number of aliphatic hydroxyl groups is 1. The second-order valence-electron chi connectivity index (χ2n) is 5.28. The monoisotopic (exact) mass is 357 g/mol. The summed E-state index contributed by atoms with van der Waals surface area (Å²) in [5.41, 5.74) is 0.863. The van der Waals surface area contributed by atoms with Gasteiger partial charge in [-0.2, -0.15) is 0 Å². The van der Waals surface area contributed by atoms with Crippen LogP contribution in [0.3, 0.4) is 0 Å². The van der Waals surface area contributed by atoms with E-state index in [1.54, 1.807) is 12.3 Å². The van der Waals surface area contributed by atoms with Gasteiger partial charge in [-0.1, -0.05) is 12.1 Å². The summed E-state index contributed by atoms with van der Waals surface area (Å²) in [5.74, 6) is -0.454. The van der Waals surface area contributed by atoms with Crippen LogP contribution >= 0.6 is 23.7 Å². The van der Waals surface area contributed by atoms with Gasteiger partial charge in [0.05, 0.1) is 12.1 Å². The van der Waals surface area contributed by atoms with Crippen LogP contribution in [0.4, 0.5) is 9.52 Å². The summed E-state index contributed by atoms with van der Waals surface area (Å²) in [6, 6.07) is 6.04. The summed E-state index contributed by atoms with van der Waals surface area (Å²) in [6.45, 7) is 0.431. The topological polar surface area (TPSA) is 74.2 Å². The van der Waals surface area contributed by atoms with Gasteiger partial charge in [-0.25, -0.2) is 9.37 Å². The zero-order valence-corrected chi connectivity index (χ0v) is 13.8. The molecule has 0 aliphatic carbocycles. The molecule has 1 aliphatic rings. The number of benzene rings is 1. The highest BCUT2D eigenvalue weighted by Gasteiger charge is 2.28. The summed E-state index contributed by atoms with van der Waals surface area (Å²) in [5, 5.41) is 15.6. The van der Waals surface area contributed by atoms with Gasteiger partial charge in [0.2, 0.25) is 5.91 Å². The van der Waals surface area contributed by atoms with Crippen LogP contribution in [-0.2, 0) is 11.2 Å². The largest absolute Gasteiger partial charge is 0.392 e. The number of hydrogen-bond acceptors (Lipinski definition) is 5. The molecule has 124 valence electrons. The number of carbonyl (C=O) groups is 1. The first-order chi connectivity index (χ1) is 10.6. The first-order valence-corrected chi connectivity index (χ1v) is 7.83. The highest BCUT2D eigenvalue weighted by atomic mass is 35.5. The molecular weight excluding hydrogens is 341 g/mol. The Bertz CT molecular complexity index is 682. The number of rotatable bonds is 4. The molecule has 2 aromatic rings. The number of aliphatic hydroxyl groups excluding tert-OH is 1. The molecule has 0 spiro atoms. The van der Waals surface area contributed by atoms with Gasteiger partial charge in [-0.05, 0) is 24.1 Å². The van der Waals surface area contributed by atoms with Crippen LogP contribution in [0.25, 0.3) is 0 Å². The molecule has 1 aromatic heterocycles. The molecule has 2 atom stereocenters. The zero-order chi connectivity index (χ0) is 15.5.